The van der Waals surface area contributed by atoms with Gasteiger partial charge >= 0.3 is 11.9 Å². The average Bonchev–Trinajstić information content (AvgIpc) is 2.91. The van der Waals surface area contributed by atoms with Crippen LogP contribution >= 0.6 is 0 Å². The van der Waals surface area contributed by atoms with Gasteiger partial charge in [-0.2, -0.15) is 0 Å². The van der Waals surface area contributed by atoms with Crippen molar-refractivity contribution in [2.24, 2.45) is 0 Å². The van der Waals surface area contributed by atoms with Gasteiger partial charge in [0.1, 0.15) is 0 Å². The van der Waals surface area contributed by atoms with Gasteiger partial charge in [0.2, 0.25) is 5.78 Å². The summed E-state index contributed by atoms with van der Waals surface area (Å²) in [5.41, 5.74) is 4.32. The summed E-state index contributed by atoms with van der Waals surface area (Å²) >= 11 is 0. The molecule has 1 aliphatic carbocycles. The number of aromatic nitrogens is 1. The average molecular weight is 369 g/mol. The van der Waals surface area contributed by atoms with Crippen molar-refractivity contribution in [1.29, 1.82) is 0 Å². The van der Waals surface area contributed by atoms with Crippen LogP contribution in [-0.2, 0) is 33.5 Å². The standard InChI is InChI=1S/C21H23NO5/c1-4-26-17(23)11-16-18(21(25)27-5-2)15-9-7-13-10-12(3)6-8-14(13)20(24)19(15)22-16/h6,8,10,22H,4-5,7,9,11H2,1-3H3. The van der Waals surface area contributed by atoms with Crippen LogP contribution in [0.3, 0.4) is 0 Å². The maximum Gasteiger partial charge on any atom is 0.340 e. The van der Waals surface area contributed by atoms with E-state index in [9.17, 15) is 14.4 Å². The third-order valence-electron chi connectivity index (χ3n) is 4.66. The van der Waals surface area contributed by atoms with Crippen molar-refractivity contribution in [2.45, 2.75) is 40.0 Å². The van der Waals surface area contributed by atoms with Gasteiger partial charge < -0.3 is 14.5 Å². The molecule has 1 aliphatic rings. The first-order valence-electron chi connectivity index (χ1n) is 9.16. The van der Waals surface area contributed by atoms with Crippen LogP contribution in [0.15, 0.2) is 18.2 Å². The minimum atomic E-state index is -0.524. The van der Waals surface area contributed by atoms with Gasteiger partial charge in [0.05, 0.1) is 30.9 Å². The maximum absolute atomic E-state index is 13.1. The van der Waals surface area contributed by atoms with Crippen LogP contribution < -0.4 is 0 Å². The number of ether oxygens (including phenoxy) is 2. The predicted molar refractivity (Wildman–Crippen MR) is 99.1 cm³/mol. The quantitative estimate of drug-likeness (QED) is 0.819. The van der Waals surface area contributed by atoms with Crippen molar-refractivity contribution in [2.75, 3.05) is 13.2 Å². The number of rotatable bonds is 5. The zero-order valence-electron chi connectivity index (χ0n) is 15.8. The Bertz CT molecular complexity index is 910. The number of carbonyl (C=O) groups is 3. The molecule has 1 aromatic carbocycles. The SMILES string of the molecule is CCOC(=O)Cc1[nH]c2c(c1C(=O)OCC)CCc1cc(C)ccc1C2=O. The van der Waals surface area contributed by atoms with E-state index in [1.807, 2.05) is 25.1 Å². The lowest BCUT2D eigenvalue weighted by Crippen LogP contribution is -2.14. The molecule has 0 bridgehead atoms. The third-order valence-corrected chi connectivity index (χ3v) is 4.66. The van der Waals surface area contributed by atoms with E-state index in [0.29, 0.717) is 35.4 Å². The second-order valence-electron chi connectivity index (χ2n) is 6.52. The molecule has 0 saturated carbocycles. The summed E-state index contributed by atoms with van der Waals surface area (Å²) in [5, 5.41) is 0. The van der Waals surface area contributed by atoms with Gasteiger partial charge in [-0.15, -0.1) is 0 Å². The zero-order chi connectivity index (χ0) is 19.6. The van der Waals surface area contributed by atoms with Crippen molar-refractivity contribution in [1.82, 2.24) is 4.98 Å². The Morgan fingerprint density at radius 2 is 1.85 bits per heavy atom. The van der Waals surface area contributed by atoms with E-state index >= 15 is 0 Å². The number of esters is 2. The van der Waals surface area contributed by atoms with Gasteiger partial charge in [0.15, 0.2) is 0 Å². The van der Waals surface area contributed by atoms with E-state index in [0.717, 1.165) is 11.1 Å². The number of aromatic amines is 1. The monoisotopic (exact) mass is 369 g/mol. The lowest BCUT2D eigenvalue weighted by molar-refractivity contribution is -0.142. The van der Waals surface area contributed by atoms with E-state index in [2.05, 4.69) is 4.98 Å². The first kappa shape index (κ1) is 18.9. The fourth-order valence-electron chi connectivity index (χ4n) is 3.52. The van der Waals surface area contributed by atoms with Gasteiger partial charge in [-0.25, -0.2) is 4.79 Å². The molecule has 142 valence electrons. The minimum Gasteiger partial charge on any atom is -0.466 e. The summed E-state index contributed by atoms with van der Waals surface area (Å²) in [6.07, 6.45) is 1.05. The summed E-state index contributed by atoms with van der Waals surface area (Å²) in [4.78, 5) is 40.7. The zero-order valence-corrected chi connectivity index (χ0v) is 15.8. The van der Waals surface area contributed by atoms with Crippen molar-refractivity contribution in [3.05, 3.63) is 57.4 Å². The molecule has 2 aromatic rings. The minimum absolute atomic E-state index is 0.108. The largest absolute Gasteiger partial charge is 0.466 e. The number of aryl methyl sites for hydroxylation is 2. The number of benzene rings is 1. The molecule has 1 heterocycles. The molecular weight excluding hydrogens is 346 g/mol. The summed E-state index contributed by atoms with van der Waals surface area (Å²) in [6.45, 7) is 5.88. The lowest BCUT2D eigenvalue weighted by atomic mass is 9.99. The van der Waals surface area contributed by atoms with Crippen LogP contribution in [0.1, 0.15) is 62.6 Å². The van der Waals surface area contributed by atoms with Crippen molar-refractivity contribution < 1.29 is 23.9 Å². The molecule has 0 fully saturated rings. The van der Waals surface area contributed by atoms with Gasteiger partial charge in [0.25, 0.3) is 0 Å². The highest BCUT2D eigenvalue weighted by atomic mass is 16.5. The van der Waals surface area contributed by atoms with Crippen LogP contribution in [-0.4, -0.2) is 35.9 Å². The Morgan fingerprint density at radius 1 is 1.11 bits per heavy atom. The van der Waals surface area contributed by atoms with Crippen LogP contribution in [0.5, 0.6) is 0 Å². The number of hydrogen-bond donors (Lipinski definition) is 1. The van der Waals surface area contributed by atoms with Crippen LogP contribution in [0.4, 0.5) is 0 Å². The molecule has 0 saturated heterocycles. The van der Waals surface area contributed by atoms with Crippen molar-refractivity contribution >= 4 is 17.7 Å². The molecule has 1 aromatic heterocycles. The van der Waals surface area contributed by atoms with Crippen LogP contribution in [0, 0.1) is 6.92 Å². The topological polar surface area (TPSA) is 85.5 Å². The first-order valence-corrected chi connectivity index (χ1v) is 9.16. The highest BCUT2D eigenvalue weighted by Gasteiger charge is 2.31. The van der Waals surface area contributed by atoms with Gasteiger partial charge in [-0.1, -0.05) is 23.8 Å². The molecule has 0 amide bonds. The summed E-state index contributed by atoms with van der Waals surface area (Å²) in [7, 11) is 0. The third kappa shape index (κ3) is 3.65. The second-order valence-corrected chi connectivity index (χ2v) is 6.52. The number of carbonyl (C=O) groups excluding carboxylic acids is 3. The van der Waals surface area contributed by atoms with Gasteiger partial charge in [-0.3, -0.25) is 9.59 Å². The maximum atomic E-state index is 13.1. The van der Waals surface area contributed by atoms with Gasteiger partial charge in [0, 0.05) is 11.3 Å². The Hall–Kier alpha value is -2.89. The lowest BCUT2D eigenvalue weighted by Gasteiger charge is -2.08. The molecule has 27 heavy (non-hydrogen) atoms. The normalized spacial score (nSPS) is 12.8. The van der Waals surface area contributed by atoms with Gasteiger partial charge in [-0.05, 0) is 44.7 Å². The molecule has 0 radical (unpaired) electrons. The number of hydrogen-bond acceptors (Lipinski definition) is 5. The second kappa shape index (κ2) is 7.78. The van der Waals surface area contributed by atoms with Crippen molar-refractivity contribution in [3.63, 3.8) is 0 Å². The number of H-pyrrole nitrogens is 1. The molecule has 0 unspecified atom stereocenters. The highest BCUT2D eigenvalue weighted by Crippen LogP contribution is 2.30. The molecule has 3 rings (SSSR count). The summed E-state index contributed by atoms with van der Waals surface area (Å²) in [6, 6.07) is 5.72. The fourth-order valence-corrected chi connectivity index (χ4v) is 3.52. The smallest absolute Gasteiger partial charge is 0.340 e. The van der Waals surface area contributed by atoms with E-state index in [1.165, 1.54) is 0 Å². The molecule has 0 spiro atoms. The highest BCUT2D eigenvalue weighted by molar-refractivity contribution is 6.12. The van der Waals surface area contributed by atoms with E-state index in [-0.39, 0.29) is 31.0 Å². The Balaban J connectivity index is 2.09. The first-order chi connectivity index (χ1) is 13.0. The molecule has 1 N–H and O–H groups in total. The van der Waals surface area contributed by atoms with E-state index < -0.39 is 11.9 Å². The molecule has 0 atom stereocenters. The number of nitrogens with one attached hydrogen (secondary N) is 1. The van der Waals surface area contributed by atoms with Crippen LogP contribution in [0.2, 0.25) is 0 Å². The summed E-state index contributed by atoms with van der Waals surface area (Å²) in [5.74, 6) is -1.15. The fraction of sp³-hybridized carbons (Fsp3) is 0.381. The number of ketones is 1. The Kier molecular flexibility index (Phi) is 5.44. The Labute approximate surface area is 157 Å². The molecule has 6 nitrogen and oxygen atoms in total. The summed E-state index contributed by atoms with van der Waals surface area (Å²) < 4.78 is 10.2. The van der Waals surface area contributed by atoms with Crippen molar-refractivity contribution in [3.8, 4) is 0 Å². The Morgan fingerprint density at radius 3 is 2.56 bits per heavy atom. The molecular formula is C21H23NO5. The molecule has 6 heteroatoms. The van der Waals surface area contributed by atoms with E-state index in [1.54, 1.807) is 13.8 Å². The molecule has 0 aliphatic heterocycles. The van der Waals surface area contributed by atoms with E-state index in [4.69, 9.17) is 9.47 Å². The number of fused-ring (bicyclic) bond motifs is 2. The van der Waals surface area contributed by atoms with Crippen LogP contribution in [0.25, 0.3) is 0 Å². The predicted octanol–water partition coefficient (Wildman–Crippen LogP) is 2.94.